The highest BCUT2D eigenvalue weighted by Crippen LogP contribution is 2.27. The Kier molecular flexibility index (Phi) is 3.56. The van der Waals surface area contributed by atoms with Crippen molar-refractivity contribution in [3.8, 4) is 0 Å². The van der Waals surface area contributed by atoms with Crippen LogP contribution in [0.4, 0.5) is 8.78 Å². The number of thiophene rings is 1. The second-order valence-electron chi connectivity index (χ2n) is 2.69. The van der Waals surface area contributed by atoms with Crippen molar-refractivity contribution in [2.24, 2.45) is 11.0 Å². The SMILES string of the molecule is NP(N)(=O)NC(=O)c1csc(C(F)F)c1. The summed E-state index contributed by atoms with van der Waals surface area (Å²) in [7, 11) is -3.68. The minimum Gasteiger partial charge on any atom is -0.279 e. The van der Waals surface area contributed by atoms with E-state index in [2.05, 4.69) is 0 Å². The molecule has 0 radical (unpaired) electrons. The Morgan fingerprint density at radius 2 is 2.13 bits per heavy atom. The Morgan fingerprint density at radius 3 is 2.53 bits per heavy atom. The van der Waals surface area contributed by atoms with Crippen molar-refractivity contribution in [2.45, 2.75) is 6.43 Å². The zero-order valence-corrected chi connectivity index (χ0v) is 9.03. The van der Waals surface area contributed by atoms with Crippen LogP contribution in [0, 0.1) is 0 Å². The number of amides is 1. The van der Waals surface area contributed by atoms with Crippen molar-refractivity contribution >= 4 is 24.8 Å². The van der Waals surface area contributed by atoms with Gasteiger partial charge in [-0.2, -0.15) is 0 Å². The second kappa shape index (κ2) is 4.36. The van der Waals surface area contributed by atoms with E-state index in [1.54, 1.807) is 0 Å². The highest BCUT2D eigenvalue weighted by atomic mass is 32.1. The Labute approximate surface area is 88.0 Å². The molecular weight excluding hydrogens is 247 g/mol. The van der Waals surface area contributed by atoms with Crippen molar-refractivity contribution in [3.63, 3.8) is 0 Å². The second-order valence-corrected chi connectivity index (χ2v) is 5.27. The summed E-state index contributed by atoms with van der Waals surface area (Å²) in [6.07, 6.45) is -2.64. The molecule has 15 heavy (non-hydrogen) atoms. The first-order chi connectivity index (χ1) is 6.79. The van der Waals surface area contributed by atoms with Gasteiger partial charge in [-0.3, -0.25) is 25.5 Å². The average molecular weight is 255 g/mol. The molecule has 9 heteroatoms. The van der Waals surface area contributed by atoms with Crippen LogP contribution >= 0.6 is 18.9 Å². The third kappa shape index (κ3) is 3.67. The summed E-state index contributed by atoms with van der Waals surface area (Å²) in [6.45, 7) is 0. The van der Waals surface area contributed by atoms with Crippen LogP contribution in [0.15, 0.2) is 11.4 Å². The third-order valence-corrected chi connectivity index (χ3v) is 2.87. The molecule has 5 N–H and O–H groups in total. The molecule has 5 nitrogen and oxygen atoms in total. The molecule has 1 heterocycles. The molecule has 0 aliphatic carbocycles. The minimum absolute atomic E-state index is 0.0357. The molecule has 0 fully saturated rings. The number of nitrogens with two attached hydrogens (primary N) is 2. The Bertz CT molecular complexity index is 416. The van der Waals surface area contributed by atoms with Gasteiger partial charge in [0, 0.05) is 5.38 Å². The van der Waals surface area contributed by atoms with Crippen LogP contribution in [0.1, 0.15) is 21.7 Å². The first-order valence-electron chi connectivity index (χ1n) is 3.66. The minimum atomic E-state index is -3.68. The van der Waals surface area contributed by atoms with E-state index in [1.165, 1.54) is 5.38 Å². The summed E-state index contributed by atoms with van der Waals surface area (Å²) in [6, 6.07) is 1.00. The number of carbonyl (C=O) groups is 1. The summed E-state index contributed by atoms with van der Waals surface area (Å²) in [5.74, 6) is -0.827. The normalized spacial score (nSPS) is 11.8. The van der Waals surface area contributed by atoms with Gasteiger partial charge in [0.2, 0.25) is 0 Å². The van der Waals surface area contributed by atoms with E-state index in [0.717, 1.165) is 17.4 Å². The highest BCUT2D eigenvalue weighted by Gasteiger charge is 2.18. The zero-order valence-electron chi connectivity index (χ0n) is 7.31. The maximum Gasteiger partial charge on any atom is 0.300 e. The number of halogens is 2. The van der Waals surface area contributed by atoms with Gasteiger partial charge in [-0.05, 0) is 6.07 Å². The molecule has 0 atom stereocenters. The van der Waals surface area contributed by atoms with E-state index in [9.17, 15) is 18.1 Å². The van der Waals surface area contributed by atoms with Crippen molar-refractivity contribution in [2.75, 3.05) is 0 Å². The summed E-state index contributed by atoms with van der Waals surface area (Å²) in [4.78, 5) is 11.0. The predicted molar refractivity (Wildman–Crippen MR) is 52.7 cm³/mol. The van der Waals surface area contributed by atoms with Gasteiger partial charge in [-0.1, -0.05) is 0 Å². The molecule has 1 aromatic rings. The lowest BCUT2D eigenvalue weighted by Gasteiger charge is -2.06. The van der Waals surface area contributed by atoms with Gasteiger partial charge < -0.3 is 0 Å². The molecule has 0 unspecified atom stereocenters. The smallest absolute Gasteiger partial charge is 0.279 e. The Hall–Kier alpha value is -0.820. The van der Waals surface area contributed by atoms with Gasteiger partial charge in [0.1, 0.15) is 0 Å². The molecule has 0 spiro atoms. The maximum absolute atomic E-state index is 12.2. The first kappa shape index (κ1) is 12.3. The molecule has 84 valence electrons. The lowest BCUT2D eigenvalue weighted by Crippen LogP contribution is -2.28. The molecular formula is C6H8F2N3O2PS. The molecule has 0 aromatic carbocycles. The monoisotopic (exact) mass is 255 g/mol. The van der Waals surface area contributed by atoms with Crippen molar-refractivity contribution < 1.29 is 18.1 Å². The van der Waals surface area contributed by atoms with Gasteiger partial charge in [-0.15, -0.1) is 11.3 Å². The van der Waals surface area contributed by atoms with E-state index in [0.29, 0.717) is 0 Å². The number of carbonyl (C=O) groups excluding carboxylic acids is 1. The lowest BCUT2D eigenvalue weighted by atomic mass is 10.3. The standard InChI is InChI=1S/C6H8F2N3O2PS/c7-5(8)4-1-3(2-15-4)6(12)11-14(9,10)13/h1-2,5H,(H5,9,10,11,12,13). The number of nitrogens with one attached hydrogen (secondary N) is 1. The van der Waals surface area contributed by atoms with Crippen molar-refractivity contribution in [1.29, 1.82) is 0 Å². The van der Waals surface area contributed by atoms with Crippen molar-refractivity contribution in [1.82, 2.24) is 5.09 Å². The van der Waals surface area contributed by atoms with Crippen LogP contribution in [0.5, 0.6) is 0 Å². The van der Waals surface area contributed by atoms with Gasteiger partial charge in [0.05, 0.1) is 10.4 Å². The molecule has 0 aliphatic heterocycles. The number of rotatable bonds is 3. The fourth-order valence-electron chi connectivity index (χ4n) is 0.810. The third-order valence-electron chi connectivity index (χ3n) is 1.37. The van der Waals surface area contributed by atoms with E-state index in [4.69, 9.17) is 11.0 Å². The number of alkyl halides is 2. The van der Waals surface area contributed by atoms with Gasteiger partial charge in [0.25, 0.3) is 12.3 Å². The molecule has 1 rings (SSSR count). The quantitative estimate of drug-likeness (QED) is 0.712. The fourth-order valence-corrected chi connectivity index (χ4v) is 1.99. The van der Waals surface area contributed by atoms with E-state index < -0.39 is 19.9 Å². The van der Waals surface area contributed by atoms with Gasteiger partial charge in [0.15, 0.2) is 0 Å². The van der Waals surface area contributed by atoms with Crippen LogP contribution in [-0.2, 0) is 4.57 Å². The number of hydrogen-bond donors (Lipinski definition) is 3. The van der Waals surface area contributed by atoms with E-state index >= 15 is 0 Å². The van der Waals surface area contributed by atoms with Crippen LogP contribution < -0.4 is 16.1 Å². The molecule has 0 aliphatic rings. The molecule has 1 amide bonds. The van der Waals surface area contributed by atoms with Crippen LogP contribution in [0.25, 0.3) is 0 Å². The number of hydrogen-bond acceptors (Lipinski definition) is 3. The van der Waals surface area contributed by atoms with Crippen molar-refractivity contribution in [3.05, 3.63) is 21.9 Å². The molecule has 0 saturated carbocycles. The molecule has 0 saturated heterocycles. The molecule has 1 aromatic heterocycles. The Balaban J connectivity index is 2.79. The van der Waals surface area contributed by atoms with E-state index in [-0.39, 0.29) is 10.4 Å². The maximum atomic E-state index is 12.2. The average Bonchev–Trinajstić information content (AvgIpc) is 2.47. The summed E-state index contributed by atoms with van der Waals surface area (Å²) in [5, 5.41) is 3.04. The predicted octanol–water partition coefficient (Wildman–Crippen LogP) is 1.44. The lowest BCUT2D eigenvalue weighted by molar-refractivity contribution is 0.0980. The topological polar surface area (TPSA) is 98.2 Å². The van der Waals surface area contributed by atoms with Crippen LogP contribution in [0.3, 0.4) is 0 Å². The van der Waals surface area contributed by atoms with Gasteiger partial charge >= 0.3 is 7.59 Å². The fraction of sp³-hybridized carbons (Fsp3) is 0.167. The zero-order chi connectivity index (χ0) is 11.6. The Morgan fingerprint density at radius 1 is 1.53 bits per heavy atom. The van der Waals surface area contributed by atoms with E-state index in [1.807, 2.05) is 5.09 Å². The highest BCUT2D eigenvalue weighted by molar-refractivity contribution is 7.57. The largest absolute Gasteiger partial charge is 0.300 e. The summed E-state index contributed by atoms with van der Waals surface area (Å²) in [5.41, 5.74) is 9.76. The molecule has 0 bridgehead atoms. The van der Waals surface area contributed by atoms with Crippen LogP contribution in [-0.4, -0.2) is 5.91 Å². The van der Waals surface area contributed by atoms with Gasteiger partial charge in [-0.25, -0.2) is 8.78 Å². The van der Waals surface area contributed by atoms with Crippen LogP contribution in [0.2, 0.25) is 0 Å². The summed E-state index contributed by atoms with van der Waals surface area (Å²) >= 11 is 0.730. The first-order valence-corrected chi connectivity index (χ1v) is 6.38. The summed E-state index contributed by atoms with van der Waals surface area (Å²) < 4.78 is 35.1.